The molecule has 1 aromatic heterocycles. The lowest BCUT2D eigenvalue weighted by atomic mass is 10.1. The largest absolute Gasteiger partial charge is 0.338 e. The summed E-state index contributed by atoms with van der Waals surface area (Å²) in [5.41, 5.74) is 1.01. The summed E-state index contributed by atoms with van der Waals surface area (Å²) in [6.45, 7) is 3.68. The van der Waals surface area contributed by atoms with Gasteiger partial charge in [0.05, 0.1) is 6.54 Å². The van der Waals surface area contributed by atoms with E-state index >= 15 is 0 Å². The third-order valence-electron chi connectivity index (χ3n) is 2.52. The molecule has 0 radical (unpaired) electrons. The summed E-state index contributed by atoms with van der Waals surface area (Å²) in [7, 11) is 0. The van der Waals surface area contributed by atoms with Crippen LogP contribution in [0.3, 0.4) is 0 Å². The van der Waals surface area contributed by atoms with Crippen molar-refractivity contribution in [3.8, 4) is 0 Å². The molecular formula is C13H16ClN3O. The molecular weight excluding hydrogens is 250 g/mol. The molecule has 0 aliphatic carbocycles. The van der Waals surface area contributed by atoms with Gasteiger partial charge >= 0.3 is 0 Å². The van der Waals surface area contributed by atoms with E-state index in [9.17, 15) is 0 Å². The molecule has 0 aliphatic rings. The number of hydrogen-bond donors (Lipinski definition) is 1. The van der Waals surface area contributed by atoms with E-state index in [1.54, 1.807) is 0 Å². The van der Waals surface area contributed by atoms with Gasteiger partial charge in [0.2, 0.25) is 5.89 Å². The minimum atomic E-state index is 0.594. The van der Waals surface area contributed by atoms with Gasteiger partial charge in [-0.25, -0.2) is 0 Å². The third-order valence-corrected chi connectivity index (χ3v) is 2.89. The zero-order valence-corrected chi connectivity index (χ0v) is 11.1. The van der Waals surface area contributed by atoms with Gasteiger partial charge in [0, 0.05) is 11.4 Å². The van der Waals surface area contributed by atoms with Crippen molar-refractivity contribution in [2.24, 2.45) is 0 Å². The second kappa shape index (κ2) is 6.52. The van der Waals surface area contributed by atoms with E-state index in [0.29, 0.717) is 24.7 Å². The highest BCUT2D eigenvalue weighted by Gasteiger charge is 2.08. The van der Waals surface area contributed by atoms with Gasteiger partial charge in [-0.1, -0.05) is 41.9 Å². The summed E-state index contributed by atoms with van der Waals surface area (Å²) in [6, 6.07) is 7.68. The molecule has 0 bridgehead atoms. The number of aromatic nitrogens is 2. The Morgan fingerprint density at radius 1 is 1.33 bits per heavy atom. The van der Waals surface area contributed by atoms with Crippen molar-refractivity contribution >= 4 is 11.6 Å². The molecule has 1 N–H and O–H groups in total. The molecule has 0 saturated heterocycles. The summed E-state index contributed by atoms with van der Waals surface area (Å²) >= 11 is 6.08. The Morgan fingerprint density at radius 3 is 2.94 bits per heavy atom. The molecule has 1 aromatic carbocycles. The van der Waals surface area contributed by atoms with Crippen molar-refractivity contribution in [2.75, 3.05) is 6.54 Å². The molecule has 0 atom stereocenters. The highest BCUT2D eigenvalue weighted by molar-refractivity contribution is 6.31. The second-order valence-electron chi connectivity index (χ2n) is 4.05. The number of rotatable bonds is 6. The van der Waals surface area contributed by atoms with Crippen LogP contribution in [0.15, 0.2) is 28.8 Å². The van der Waals surface area contributed by atoms with E-state index in [-0.39, 0.29) is 0 Å². The van der Waals surface area contributed by atoms with Gasteiger partial charge in [0.25, 0.3) is 0 Å². The minimum absolute atomic E-state index is 0.594. The topological polar surface area (TPSA) is 51.0 Å². The average molecular weight is 266 g/mol. The number of halogens is 1. The number of nitrogens with one attached hydrogen (secondary N) is 1. The second-order valence-corrected chi connectivity index (χ2v) is 4.46. The van der Waals surface area contributed by atoms with Crippen LogP contribution in [0.1, 0.15) is 30.6 Å². The highest BCUT2D eigenvalue weighted by atomic mass is 35.5. The Morgan fingerprint density at radius 2 is 2.17 bits per heavy atom. The fraction of sp³-hybridized carbons (Fsp3) is 0.385. The first kappa shape index (κ1) is 13.1. The van der Waals surface area contributed by atoms with Crippen molar-refractivity contribution in [1.29, 1.82) is 0 Å². The van der Waals surface area contributed by atoms with Gasteiger partial charge < -0.3 is 9.84 Å². The van der Waals surface area contributed by atoms with E-state index in [1.807, 2.05) is 24.3 Å². The van der Waals surface area contributed by atoms with E-state index in [2.05, 4.69) is 22.4 Å². The highest BCUT2D eigenvalue weighted by Crippen LogP contribution is 2.17. The molecule has 96 valence electrons. The van der Waals surface area contributed by atoms with E-state index in [1.165, 1.54) is 0 Å². The average Bonchev–Trinajstić information content (AvgIpc) is 2.80. The maximum absolute atomic E-state index is 6.08. The Bertz CT molecular complexity index is 498. The van der Waals surface area contributed by atoms with Crippen LogP contribution < -0.4 is 5.32 Å². The molecule has 0 unspecified atom stereocenters. The Hall–Kier alpha value is -1.39. The summed E-state index contributed by atoms with van der Waals surface area (Å²) in [4.78, 5) is 4.32. The van der Waals surface area contributed by atoms with Crippen molar-refractivity contribution in [2.45, 2.75) is 26.3 Å². The molecule has 1 heterocycles. The van der Waals surface area contributed by atoms with Crippen molar-refractivity contribution in [1.82, 2.24) is 15.5 Å². The smallest absolute Gasteiger partial charge is 0.240 e. The fourth-order valence-corrected chi connectivity index (χ4v) is 1.82. The van der Waals surface area contributed by atoms with E-state index in [0.717, 1.165) is 23.6 Å². The van der Waals surface area contributed by atoms with Crippen molar-refractivity contribution in [3.63, 3.8) is 0 Å². The van der Waals surface area contributed by atoms with Gasteiger partial charge in [-0.3, -0.25) is 0 Å². The Kier molecular flexibility index (Phi) is 4.73. The van der Waals surface area contributed by atoms with Crippen LogP contribution in [-0.2, 0) is 13.0 Å². The minimum Gasteiger partial charge on any atom is -0.338 e. The summed E-state index contributed by atoms with van der Waals surface area (Å²) in [5, 5.41) is 7.89. The third kappa shape index (κ3) is 3.55. The van der Waals surface area contributed by atoms with E-state index < -0.39 is 0 Å². The quantitative estimate of drug-likeness (QED) is 0.816. The van der Waals surface area contributed by atoms with Crippen LogP contribution in [0.2, 0.25) is 5.02 Å². The summed E-state index contributed by atoms with van der Waals surface area (Å²) in [6.07, 6.45) is 1.68. The first-order valence-corrected chi connectivity index (χ1v) is 6.43. The lowest BCUT2D eigenvalue weighted by Gasteiger charge is -1.99. The predicted octanol–water partition coefficient (Wildman–Crippen LogP) is 2.81. The summed E-state index contributed by atoms with van der Waals surface area (Å²) < 4.78 is 5.16. The van der Waals surface area contributed by atoms with E-state index in [4.69, 9.17) is 16.1 Å². The number of nitrogens with zero attached hydrogens (tertiary/aromatic N) is 2. The number of hydrogen-bond acceptors (Lipinski definition) is 4. The van der Waals surface area contributed by atoms with Crippen molar-refractivity contribution < 1.29 is 4.52 Å². The molecule has 5 heteroatoms. The van der Waals surface area contributed by atoms with Gasteiger partial charge in [0.15, 0.2) is 5.82 Å². The van der Waals surface area contributed by atoms with Crippen LogP contribution in [0.25, 0.3) is 0 Å². The Balaban J connectivity index is 1.96. The Labute approximate surface area is 111 Å². The standard InChI is InChI=1S/C13H16ClN3O/c1-2-7-15-9-13-16-12(17-18-13)8-10-5-3-4-6-11(10)14/h3-6,15H,2,7-9H2,1H3. The maximum atomic E-state index is 6.08. The molecule has 0 spiro atoms. The summed E-state index contributed by atoms with van der Waals surface area (Å²) in [5.74, 6) is 1.28. The van der Waals surface area contributed by atoms with Crippen LogP contribution in [-0.4, -0.2) is 16.7 Å². The molecule has 4 nitrogen and oxygen atoms in total. The molecule has 2 rings (SSSR count). The first-order chi connectivity index (χ1) is 8.79. The molecule has 0 amide bonds. The van der Waals surface area contributed by atoms with Crippen LogP contribution in [0.4, 0.5) is 0 Å². The lowest BCUT2D eigenvalue weighted by molar-refractivity contribution is 0.363. The van der Waals surface area contributed by atoms with Gasteiger partial charge in [-0.2, -0.15) is 4.98 Å². The number of benzene rings is 1. The monoisotopic (exact) mass is 265 g/mol. The molecule has 2 aromatic rings. The zero-order chi connectivity index (χ0) is 12.8. The van der Waals surface area contributed by atoms with Crippen LogP contribution >= 0.6 is 11.6 Å². The molecule has 0 saturated carbocycles. The maximum Gasteiger partial charge on any atom is 0.240 e. The van der Waals surface area contributed by atoms with Gasteiger partial charge in [-0.15, -0.1) is 0 Å². The fourth-order valence-electron chi connectivity index (χ4n) is 1.62. The molecule has 0 aliphatic heterocycles. The SMILES string of the molecule is CCCNCc1nc(Cc2ccccc2Cl)no1. The lowest BCUT2D eigenvalue weighted by Crippen LogP contribution is -2.13. The predicted molar refractivity (Wildman–Crippen MR) is 70.6 cm³/mol. The van der Waals surface area contributed by atoms with Crippen LogP contribution in [0, 0.1) is 0 Å². The molecule has 0 fully saturated rings. The van der Waals surface area contributed by atoms with Crippen LogP contribution in [0.5, 0.6) is 0 Å². The van der Waals surface area contributed by atoms with Gasteiger partial charge in [0.1, 0.15) is 0 Å². The normalized spacial score (nSPS) is 10.8. The first-order valence-electron chi connectivity index (χ1n) is 6.05. The molecule has 18 heavy (non-hydrogen) atoms. The van der Waals surface area contributed by atoms with Gasteiger partial charge in [-0.05, 0) is 24.6 Å². The zero-order valence-electron chi connectivity index (χ0n) is 10.3. The van der Waals surface area contributed by atoms with Crippen molar-refractivity contribution in [3.05, 3.63) is 46.6 Å².